The van der Waals surface area contributed by atoms with Crippen molar-refractivity contribution in [1.82, 2.24) is 24.7 Å². The van der Waals surface area contributed by atoms with E-state index in [0.717, 1.165) is 22.2 Å². The zero-order valence-electron chi connectivity index (χ0n) is 16.6. The highest BCUT2D eigenvalue weighted by atomic mass is 15.3. The highest BCUT2D eigenvalue weighted by molar-refractivity contribution is 5.93. The highest BCUT2D eigenvalue weighted by Crippen LogP contribution is 2.46. The molecule has 1 aliphatic carbocycles. The summed E-state index contributed by atoms with van der Waals surface area (Å²) in [6.07, 6.45) is 6.89. The minimum absolute atomic E-state index is 0.0366. The molecule has 1 saturated carbocycles. The minimum Gasteiger partial charge on any atom is -0.384 e. The number of nitrogen functional groups attached to an aromatic ring is 1. The summed E-state index contributed by atoms with van der Waals surface area (Å²) in [5, 5.41) is 24.2. The van der Waals surface area contributed by atoms with Crippen LogP contribution in [0.1, 0.15) is 19.3 Å². The molecule has 4 aromatic rings. The van der Waals surface area contributed by atoms with Crippen LogP contribution in [0.2, 0.25) is 0 Å². The predicted octanol–water partition coefficient (Wildman–Crippen LogP) is 3.68. The fourth-order valence-electron chi connectivity index (χ4n) is 4.20. The second-order valence-corrected chi connectivity index (χ2v) is 7.84. The van der Waals surface area contributed by atoms with Gasteiger partial charge in [0.05, 0.1) is 41.2 Å². The van der Waals surface area contributed by atoms with Gasteiger partial charge in [0, 0.05) is 29.5 Å². The van der Waals surface area contributed by atoms with Crippen molar-refractivity contribution in [3.63, 3.8) is 0 Å². The van der Waals surface area contributed by atoms with Gasteiger partial charge in [0.25, 0.3) is 0 Å². The molecule has 4 aromatic heterocycles. The monoisotopic (exact) mass is 406 g/mol. The van der Waals surface area contributed by atoms with E-state index in [0.29, 0.717) is 36.5 Å². The fraction of sp³-hybridized carbons (Fsp3) is 0.217. The molecule has 0 saturated heterocycles. The molecule has 0 spiro atoms. The van der Waals surface area contributed by atoms with Crippen LogP contribution in [0.15, 0.2) is 55.0 Å². The third-order valence-corrected chi connectivity index (χ3v) is 5.84. The minimum atomic E-state index is -0.431. The van der Waals surface area contributed by atoms with Gasteiger partial charge in [0.2, 0.25) is 0 Å². The Kier molecular flexibility index (Phi) is 4.34. The topological polar surface area (TPSA) is 130 Å². The lowest BCUT2D eigenvalue weighted by molar-refractivity contribution is 0.0884. The van der Waals surface area contributed by atoms with Crippen LogP contribution in [0.3, 0.4) is 0 Å². The van der Waals surface area contributed by atoms with Crippen molar-refractivity contribution in [2.75, 3.05) is 5.73 Å². The van der Waals surface area contributed by atoms with Gasteiger partial charge in [-0.2, -0.15) is 15.6 Å². The summed E-state index contributed by atoms with van der Waals surface area (Å²) in [6, 6.07) is 15.8. The number of aromatic nitrogens is 5. The Labute approximate surface area is 178 Å². The van der Waals surface area contributed by atoms with Gasteiger partial charge < -0.3 is 5.73 Å². The second kappa shape index (κ2) is 7.19. The van der Waals surface area contributed by atoms with Crippen molar-refractivity contribution in [2.45, 2.75) is 24.8 Å². The number of nitrogens with two attached hydrogens (primary N) is 1. The first kappa shape index (κ1) is 18.7. The molecule has 1 aliphatic rings. The van der Waals surface area contributed by atoms with E-state index in [4.69, 9.17) is 15.8 Å². The van der Waals surface area contributed by atoms with E-state index in [2.05, 4.69) is 22.1 Å². The number of fused-ring (bicyclic) bond motifs is 1. The van der Waals surface area contributed by atoms with Gasteiger partial charge >= 0.3 is 0 Å². The van der Waals surface area contributed by atoms with Crippen LogP contribution in [0.4, 0.5) is 5.82 Å². The lowest BCUT2D eigenvalue weighted by atomic mass is 9.67. The molecule has 0 aliphatic heterocycles. The van der Waals surface area contributed by atoms with Crippen molar-refractivity contribution in [1.29, 1.82) is 10.5 Å². The Bertz CT molecular complexity index is 1350. The molecule has 150 valence electrons. The van der Waals surface area contributed by atoms with Gasteiger partial charge in [-0.05, 0) is 49.2 Å². The van der Waals surface area contributed by atoms with Gasteiger partial charge in [-0.15, -0.1) is 0 Å². The van der Waals surface area contributed by atoms with E-state index in [1.807, 2.05) is 41.2 Å². The van der Waals surface area contributed by atoms with Gasteiger partial charge in [-0.25, -0.2) is 9.97 Å². The molecule has 2 N–H and O–H groups in total. The molecule has 0 aromatic carbocycles. The first-order valence-corrected chi connectivity index (χ1v) is 9.93. The average Bonchev–Trinajstić information content (AvgIpc) is 3.26. The molecule has 31 heavy (non-hydrogen) atoms. The van der Waals surface area contributed by atoms with E-state index in [-0.39, 0.29) is 5.92 Å². The average molecular weight is 406 g/mol. The lowest BCUT2D eigenvalue weighted by Gasteiger charge is -2.43. The van der Waals surface area contributed by atoms with Crippen LogP contribution in [0.25, 0.3) is 33.5 Å². The standard InChI is InChI=1S/C23H18N8/c24-7-6-23(11-15(12-23)13-25)31-9-5-18(30-31)22-17-2-1-8-27-20(17)10-19(29-22)16-3-4-21(26)28-14-16/h1-5,8-10,14-15H,6,11-12H2,(H2,26,28)/t15-,23-. The predicted molar refractivity (Wildman–Crippen MR) is 115 cm³/mol. The smallest absolute Gasteiger partial charge is 0.123 e. The molecular weight excluding hydrogens is 388 g/mol. The van der Waals surface area contributed by atoms with E-state index in [9.17, 15) is 10.5 Å². The molecule has 0 amide bonds. The summed E-state index contributed by atoms with van der Waals surface area (Å²) in [6.45, 7) is 0. The van der Waals surface area contributed by atoms with E-state index in [1.165, 1.54) is 0 Å². The van der Waals surface area contributed by atoms with Crippen LogP contribution < -0.4 is 5.73 Å². The third-order valence-electron chi connectivity index (χ3n) is 5.84. The Balaban J connectivity index is 1.62. The molecule has 1 fully saturated rings. The number of pyridine rings is 3. The zero-order chi connectivity index (χ0) is 21.4. The first-order valence-electron chi connectivity index (χ1n) is 9.93. The number of anilines is 1. The SMILES string of the molecule is N#CC[C@]1(n2ccc(-c3nc(-c4ccc(N)nc4)cc4ncccc34)n2)C[C@H](C#N)C1. The summed E-state index contributed by atoms with van der Waals surface area (Å²) in [7, 11) is 0. The number of nitrogens with zero attached hydrogens (tertiary/aromatic N) is 7. The van der Waals surface area contributed by atoms with Crippen LogP contribution in [0, 0.1) is 28.6 Å². The van der Waals surface area contributed by atoms with Crippen molar-refractivity contribution >= 4 is 16.7 Å². The van der Waals surface area contributed by atoms with Gasteiger partial charge in [-0.3, -0.25) is 9.67 Å². The lowest BCUT2D eigenvalue weighted by Crippen LogP contribution is -2.46. The molecule has 5 rings (SSSR count). The normalized spacial score (nSPS) is 20.0. The summed E-state index contributed by atoms with van der Waals surface area (Å²) < 4.78 is 1.83. The molecular formula is C23H18N8. The highest BCUT2D eigenvalue weighted by Gasteiger charge is 2.46. The largest absolute Gasteiger partial charge is 0.384 e. The van der Waals surface area contributed by atoms with E-state index >= 15 is 0 Å². The van der Waals surface area contributed by atoms with Crippen molar-refractivity contribution in [3.05, 3.63) is 55.0 Å². The van der Waals surface area contributed by atoms with E-state index < -0.39 is 5.54 Å². The molecule has 0 atom stereocenters. The maximum Gasteiger partial charge on any atom is 0.123 e. The van der Waals surface area contributed by atoms with Crippen molar-refractivity contribution in [2.24, 2.45) is 5.92 Å². The van der Waals surface area contributed by atoms with Gasteiger partial charge in [-0.1, -0.05) is 0 Å². The maximum absolute atomic E-state index is 9.32. The Morgan fingerprint density at radius 2 is 2.00 bits per heavy atom. The molecule has 0 bridgehead atoms. The Morgan fingerprint density at radius 3 is 2.74 bits per heavy atom. The zero-order valence-corrected chi connectivity index (χ0v) is 16.6. The first-order chi connectivity index (χ1) is 15.1. The number of hydrogen-bond donors (Lipinski definition) is 1. The molecule has 8 heteroatoms. The van der Waals surface area contributed by atoms with Crippen LogP contribution in [0.5, 0.6) is 0 Å². The van der Waals surface area contributed by atoms with Crippen molar-refractivity contribution < 1.29 is 0 Å². The quantitative estimate of drug-likeness (QED) is 0.547. The van der Waals surface area contributed by atoms with E-state index in [1.54, 1.807) is 18.5 Å². The fourth-order valence-corrected chi connectivity index (χ4v) is 4.20. The molecule has 4 heterocycles. The van der Waals surface area contributed by atoms with Gasteiger partial charge in [0.15, 0.2) is 0 Å². The molecule has 0 unspecified atom stereocenters. The molecule has 8 nitrogen and oxygen atoms in total. The number of nitriles is 2. The van der Waals surface area contributed by atoms with Crippen molar-refractivity contribution in [3.8, 4) is 34.8 Å². The Morgan fingerprint density at radius 1 is 1.13 bits per heavy atom. The van der Waals surface area contributed by atoms with Crippen LogP contribution in [-0.2, 0) is 5.54 Å². The van der Waals surface area contributed by atoms with Crippen LogP contribution >= 0.6 is 0 Å². The third kappa shape index (κ3) is 3.15. The van der Waals surface area contributed by atoms with Gasteiger partial charge in [0.1, 0.15) is 17.2 Å². The second-order valence-electron chi connectivity index (χ2n) is 7.84. The number of rotatable bonds is 4. The maximum atomic E-state index is 9.32. The summed E-state index contributed by atoms with van der Waals surface area (Å²) in [5.41, 5.74) is 9.05. The molecule has 0 radical (unpaired) electrons. The Hall–Kier alpha value is -4.30. The number of hydrogen-bond acceptors (Lipinski definition) is 7. The van der Waals surface area contributed by atoms with Crippen LogP contribution in [-0.4, -0.2) is 24.7 Å². The summed E-state index contributed by atoms with van der Waals surface area (Å²) in [5.74, 6) is 0.408. The summed E-state index contributed by atoms with van der Waals surface area (Å²) >= 11 is 0. The summed E-state index contributed by atoms with van der Waals surface area (Å²) in [4.78, 5) is 13.5.